The van der Waals surface area contributed by atoms with Crippen LogP contribution in [0, 0.1) is 6.92 Å². The summed E-state index contributed by atoms with van der Waals surface area (Å²) in [6.45, 7) is 1.68. The Morgan fingerprint density at radius 2 is 1.60 bits per heavy atom. The van der Waals surface area contributed by atoms with Crippen molar-refractivity contribution in [2.45, 2.75) is 13.1 Å². The lowest BCUT2D eigenvalue weighted by Gasteiger charge is -2.14. The Bertz CT molecular complexity index is 1900. The molecule has 0 bridgehead atoms. The zero-order valence-electron chi connectivity index (χ0n) is 22.9. The van der Waals surface area contributed by atoms with Crippen LogP contribution < -0.4 is 16.4 Å². The summed E-state index contributed by atoms with van der Waals surface area (Å²) in [6.07, 6.45) is 0.599. The first-order valence-corrected chi connectivity index (χ1v) is 13.7. The second-order valence-corrected chi connectivity index (χ2v) is 10.0. The maximum Gasteiger partial charge on any atom is 0.274 e. The monoisotopic (exact) mass is 588 g/mol. The van der Waals surface area contributed by atoms with Crippen LogP contribution in [0.5, 0.6) is 0 Å². The number of pyridine rings is 1. The van der Waals surface area contributed by atoms with Crippen molar-refractivity contribution in [3.8, 4) is 5.82 Å². The molecule has 43 heavy (non-hydrogen) atoms. The van der Waals surface area contributed by atoms with E-state index in [1.54, 1.807) is 55.6 Å². The molecule has 2 aromatic heterocycles. The number of carbonyl (C=O) groups is 2. The molecule has 0 aliphatic carbocycles. The predicted octanol–water partition coefficient (Wildman–Crippen LogP) is 5.08. The van der Waals surface area contributed by atoms with Gasteiger partial charge in [0.15, 0.2) is 17.7 Å². The van der Waals surface area contributed by atoms with E-state index in [1.165, 1.54) is 4.68 Å². The number of nitrogens with two attached hydrogens (primary N) is 1. The molecule has 0 spiro atoms. The fourth-order valence-corrected chi connectivity index (χ4v) is 4.91. The van der Waals surface area contributed by atoms with Crippen molar-refractivity contribution in [3.63, 3.8) is 0 Å². The van der Waals surface area contributed by atoms with Crippen LogP contribution >= 0.6 is 11.6 Å². The zero-order chi connectivity index (χ0) is 29.9. The number of benzene rings is 3. The van der Waals surface area contributed by atoms with E-state index in [4.69, 9.17) is 22.3 Å². The smallest absolute Gasteiger partial charge is 0.274 e. The molecule has 212 valence electrons. The van der Waals surface area contributed by atoms with Gasteiger partial charge in [0, 0.05) is 22.9 Å². The molecular weight excluding hydrogens is 564 g/mol. The summed E-state index contributed by atoms with van der Waals surface area (Å²) < 4.78 is 1.40. The second kappa shape index (κ2) is 11.7. The lowest BCUT2D eigenvalue weighted by atomic mass is 10.0. The van der Waals surface area contributed by atoms with Crippen molar-refractivity contribution in [3.05, 3.63) is 136 Å². The number of fused-ring (bicyclic) bond motifs is 1. The number of anilines is 1. The lowest BCUT2D eigenvalue weighted by molar-refractivity contribution is 0.0941. The van der Waals surface area contributed by atoms with Crippen molar-refractivity contribution in [1.29, 1.82) is 0 Å². The standard InChI is InChI=1S/C32H25ClN8O2/c1-19-26(40-41(25-17-9-10-18-35-25)30(19)39-31(42)21-13-5-7-15-23(21)33)32(43)38-29-28(34)36-24-16-8-6-14-22(24)27(37-29)20-11-3-2-4-12-20/h2-18,29H,1H3,(H2,34,36)(H,38,43)(H,39,42). The Morgan fingerprint density at radius 3 is 2.37 bits per heavy atom. The van der Waals surface area contributed by atoms with E-state index in [1.807, 2.05) is 54.6 Å². The number of amidine groups is 1. The zero-order valence-corrected chi connectivity index (χ0v) is 23.7. The molecule has 6 rings (SSSR count). The van der Waals surface area contributed by atoms with Gasteiger partial charge in [0.2, 0.25) is 0 Å². The van der Waals surface area contributed by atoms with Gasteiger partial charge < -0.3 is 16.4 Å². The third-order valence-electron chi connectivity index (χ3n) is 6.82. The third-order valence-corrected chi connectivity index (χ3v) is 7.15. The van der Waals surface area contributed by atoms with Crippen molar-refractivity contribution < 1.29 is 9.59 Å². The number of rotatable bonds is 6. The minimum Gasteiger partial charge on any atom is -0.384 e. The van der Waals surface area contributed by atoms with Crippen LogP contribution in [0.1, 0.15) is 37.5 Å². The van der Waals surface area contributed by atoms with Gasteiger partial charge >= 0.3 is 0 Å². The number of hydrogen-bond donors (Lipinski definition) is 3. The van der Waals surface area contributed by atoms with Gasteiger partial charge in [-0.15, -0.1) is 0 Å². The first-order chi connectivity index (χ1) is 20.9. The molecule has 0 saturated heterocycles. The highest BCUT2D eigenvalue weighted by Crippen LogP contribution is 2.27. The van der Waals surface area contributed by atoms with Crippen LogP contribution in [0.3, 0.4) is 0 Å². The molecular formula is C32H25ClN8O2. The van der Waals surface area contributed by atoms with Gasteiger partial charge in [0.25, 0.3) is 11.8 Å². The highest BCUT2D eigenvalue weighted by molar-refractivity contribution is 6.34. The number of nitrogens with zero attached hydrogens (tertiary/aromatic N) is 5. The number of aliphatic imine (C=N–C) groups is 2. The molecule has 1 atom stereocenters. The molecule has 5 aromatic rings. The average Bonchev–Trinajstić information content (AvgIpc) is 3.28. The molecule has 4 N–H and O–H groups in total. The Balaban J connectivity index is 1.38. The summed E-state index contributed by atoms with van der Waals surface area (Å²) in [6, 6.07) is 29.0. The van der Waals surface area contributed by atoms with Gasteiger partial charge in [0.05, 0.1) is 22.0 Å². The van der Waals surface area contributed by atoms with Crippen molar-refractivity contribution >= 4 is 46.5 Å². The van der Waals surface area contributed by atoms with Gasteiger partial charge in [-0.05, 0) is 37.3 Å². The normalized spacial score (nSPS) is 14.1. The second-order valence-electron chi connectivity index (χ2n) is 9.63. The van der Waals surface area contributed by atoms with Crippen LogP contribution in [0.25, 0.3) is 5.82 Å². The van der Waals surface area contributed by atoms with Gasteiger partial charge in [0.1, 0.15) is 11.7 Å². The fraction of sp³-hybridized carbons (Fsp3) is 0.0625. The summed E-state index contributed by atoms with van der Waals surface area (Å²) in [5.41, 5.74) is 10.0. The molecule has 11 heteroatoms. The van der Waals surface area contributed by atoms with Crippen LogP contribution in [-0.4, -0.2) is 44.3 Å². The van der Waals surface area contributed by atoms with Crippen LogP contribution in [0.4, 0.5) is 11.5 Å². The Hall–Kier alpha value is -5.61. The molecule has 0 radical (unpaired) electrons. The van der Waals surface area contributed by atoms with Gasteiger partial charge in [-0.3, -0.25) is 14.6 Å². The first-order valence-electron chi connectivity index (χ1n) is 13.3. The van der Waals surface area contributed by atoms with E-state index < -0.39 is 18.0 Å². The number of aromatic nitrogens is 3. The molecule has 0 saturated carbocycles. The first kappa shape index (κ1) is 27.6. The Labute approximate surface area is 252 Å². The van der Waals surface area contributed by atoms with E-state index >= 15 is 0 Å². The molecule has 1 aliphatic heterocycles. The summed E-state index contributed by atoms with van der Waals surface area (Å²) in [5.74, 6) is -0.258. The average molecular weight is 589 g/mol. The summed E-state index contributed by atoms with van der Waals surface area (Å²) in [4.78, 5) is 40.8. The number of nitrogens with one attached hydrogen (secondary N) is 2. The van der Waals surface area contributed by atoms with E-state index in [2.05, 4.69) is 25.7 Å². The van der Waals surface area contributed by atoms with Gasteiger partial charge in [-0.1, -0.05) is 78.3 Å². The van der Waals surface area contributed by atoms with Gasteiger partial charge in [-0.25, -0.2) is 9.98 Å². The number of amides is 2. The maximum absolute atomic E-state index is 13.8. The molecule has 10 nitrogen and oxygen atoms in total. The fourth-order valence-electron chi connectivity index (χ4n) is 4.68. The minimum absolute atomic E-state index is 0.0473. The topological polar surface area (TPSA) is 140 Å². The van der Waals surface area contributed by atoms with Crippen LogP contribution in [0.2, 0.25) is 5.02 Å². The SMILES string of the molecule is Cc1c(C(=O)NC2N=C(c3ccccc3)c3ccccc3N=C2N)nn(-c2ccccn2)c1NC(=O)c1ccccc1Cl. The number of halogens is 1. The van der Waals surface area contributed by atoms with Crippen molar-refractivity contribution in [2.24, 2.45) is 15.7 Å². The number of carbonyl (C=O) groups excluding carboxylic acids is 2. The van der Waals surface area contributed by atoms with E-state index in [9.17, 15) is 9.59 Å². The minimum atomic E-state index is -0.990. The summed E-state index contributed by atoms with van der Waals surface area (Å²) in [7, 11) is 0. The van der Waals surface area contributed by atoms with E-state index in [0.717, 1.165) is 11.1 Å². The number of para-hydroxylation sites is 1. The Morgan fingerprint density at radius 1 is 0.884 bits per heavy atom. The Kier molecular flexibility index (Phi) is 7.50. The quantitative estimate of drug-likeness (QED) is 0.254. The molecule has 1 aliphatic rings. The summed E-state index contributed by atoms with van der Waals surface area (Å²) in [5, 5.41) is 10.6. The van der Waals surface area contributed by atoms with Crippen molar-refractivity contribution in [2.75, 3.05) is 5.32 Å². The van der Waals surface area contributed by atoms with E-state index in [-0.39, 0.29) is 27.9 Å². The molecule has 2 amide bonds. The van der Waals surface area contributed by atoms with Crippen LogP contribution in [0.15, 0.2) is 113 Å². The maximum atomic E-state index is 13.8. The van der Waals surface area contributed by atoms with Crippen LogP contribution in [-0.2, 0) is 0 Å². The largest absolute Gasteiger partial charge is 0.384 e. The molecule has 3 aromatic carbocycles. The summed E-state index contributed by atoms with van der Waals surface area (Å²) >= 11 is 6.27. The molecule has 3 heterocycles. The molecule has 1 unspecified atom stereocenters. The molecule has 0 fully saturated rings. The van der Waals surface area contributed by atoms with Crippen molar-refractivity contribution in [1.82, 2.24) is 20.1 Å². The predicted molar refractivity (Wildman–Crippen MR) is 167 cm³/mol. The number of hydrogen-bond acceptors (Lipinski definition) is 7. The third kappa shape index (κ3) is 5.51. The highest BCUT2D eigenvalue weighted by Gasteiger charge is 2.28. The lowest BCUT2D eigenvalue weighted by Crippen LogP contribution is -2.43. The van der Waals surface area contributed by atoms with Gasteiger partial charge in [-0.2, -0.15) is 9.78 Å². The van der Waals surface area contributed by atoms with E-state index in [0.29, 0.717) is 22.8 Å². The highest BCUT2D eigenvalue weighted by atomic mass is 35.5.